The van der Waals surface area contributed by atoms with Gasteiger partial charge in [0.05, 0.1) is 6.04 Å². The molecule has 1 aromatic rings. The molecular weight excluding hydrogens is 276 g/mol. The summed E-state index contributed by atoms with van der Waals surface area (Å²) in [5, 5.41) is 5.88. The molecule has 0 aliphatic carbocycles. The van der Waals surface area contributed by atoms with E-state index in [-0.39, 0.29) is 17.9 Å². The molecule has 0 fully saturated rings. The smallest absolute Gasteiger partial charge is 0.243 e. The third kappa shape index (κ3) is 5.72. The molecule has 0 unspecified atom stereocenters. The van der Waals surface area contributed by atoms with Gasteiger partial charge in [0.25, 0.3) is 0 Å². The molecule has 4 nitrogen and oxygen atoms in total. The van der Waals surface area contributed by atoms with E-state index in [0.29, 0.717) is 19.4 Å². The summed E-state index contributed by atoms with van der Waals surface area (Å²) in [6, 6.07) is 8.09. The van der Waals surface area contributed by atoms with Gasteiger partial charge in [-0.2, -0.15) is 0 Å². The van der Waals surface area contributed by atoms with Gasteiger partial charge in [-0.15, -0.1) is 0 Å². The van der Waals surface area contributed by atoms with Gasteiger partial charge in [0.1, 0.15) is 0 Å². The lowest BCUT2D eigenvalue weighted by molar-refractivity contribution is -0.122. The number of benzene rings is 1. The Bertz CT molecular complexity index is 535. The van der Waals surface area contributed by atoms with Crippen molar-refractivity contribution in [3.8, 4) is 0 Å². The Morgan fingerprint density at radius 2 is 1.86 bits per heavy atom. The first kappa shape index (κ1) is 16.3. The molecule has 2 rings (SSSR count). The maximum atomic E-state index is 12.0. The van der Waals surface area contributed by atoms with Crippen molar-refractivity contribution in [2.24, 2.45) is 0 Å². The molecule has 1 heterocycles. The second-order valence-corrected chi connectivity index (χ2v) is 5.82. The molecular formula is C18H24N2O2. The third-order valence-corrected chi connectivity index (χ3v) is 3.78. The predicted octanol–water partition coefficient (Wildman–Crippen LogP) is 2.27. The monoisotopic (exact) mass is 300 g/mol. The molecule has 1 aliphatic rings. The summed E-state index contributed by atoms with van der Waals surface area (Å²) in [4.78, 5) is 23.7. The quantitative estimate of drug-likeness (QED) is 0.880. The molecule has 1 aliphatic heterocycles. The van der Waals surface area contributed by atoms with Crippen LogP contribution < -0.4 is 10.6 Å². The van der Waals surface area contributed by atoms with Crippen molar-refractivity contribution in [1.29, 1.82) is 0 Å². The van der Waals surface area contributed by atoms with E-state index in [2.05, 4.69) is 34.9 Å². The van der Waals surface area contributed by atoms with Gasteiger partial charge in [0, 0.05) is 19.0 Å². The van der Waals surface area contributed by atoms with E-state index in [9.17, 15) is 9.59 Å². The van der Waals surface area contributed by atoms with Crippen LogP contribution in [0.4, 0.5) is 0 Å². The SMILES string of the molecule is Cc1ccc(C[C@H]2/C=C/C(=O)NCCCCCC(=O)N2)cc1. The van der Waals surface area contributed by atoms with Crippen LogP contribution in [-0.2, 0) is 16.0 Å². The minimum Gasteiger partial charge on any atom is -0.353 e. The Morgan fingerprint density at radius 1 is 1.09 bits per heavy atom. The first-order valence-corrected chi connectivity index (χ1v) is 7.94. The lowest BCUT2D eigenvalue weighted by atomic mass is 10.0. The normalized spacial score (nSPS) is 22.0. The zero-order valence-electron chi connectivity index (χ0n) is 13.1. The highest BCUT2D eigenvalue weighted by molar-refractivity contribution is 5.87. The Hall–Kier alpha value is -2.10. The number of aryl methyl sites for hydroxylation is 1. The zero-order valence-corrected chi connectivity index (χ0v) is 13.1. The summed E-state index contributed by atoms with van der Waals surface area (Å²) < 4.78 is 0. The average molecular weight is 300 g/mol. The van der Waals surface area contributed by atoms with Crippen LogP contribution in [0, 0.1) is 6.92 Å². The molecule has 1 aromatic carbocycles. The third-order valence-electron chi connectivity index (χ3n) is 3.78. The first-order valence-electron chi connectivity index (χ1n) is 7.94. The van der Waals surface area contributed by atoms with Gasteiger partial charge in [-0.25, -0.2) is 0 Å². The van der Waals surface area contributed by atoms with Crippen LogP contribution in [-0.4, -0.2) is 24.4 Å². The first-order chi connectivity index (χ1) is 10.6. The highest BCUT2D eigenvalue weighted by atomic mass is 16.2. The number of hydrogen-bond acceptors (Lipinski definition) is 2. The molecule has 0 aromatic heterocycles. The van der Waals surface area contributed by atoms with E-state index >= 15 is 0 Å². The zero-order chi connectivity index (χ0) is 15.8. The van der Waals surface area contributed by atoms with Gasteiger partial charge in [-0.1, -0.05) is 42.3 Å². The minimum absolute atomic E-state index is 0.0581. The highest BCUT2D eigenvalue weighted by Gasteiger charge is 2.11. The van der Waals surface area contributed by atoms with Crippen LogP contribution in [0.15, 0.2) is 36.4 Å². The van der Waals surface area contributed by atoms with Gasteiger partial charge in [0.15, 0.2) is 0 Å². The standard InChI is InChI=1S/C18H24N2O2/c1-14-6-8-15(9-7-14)13-16-10-11-17(21)19-12-4-2-3-5-18(22)20-16/h6-11,16H,2-5,12-13H2,1H3,(H,19,21)(H,20,22)/b11-10+/t16-/m1/s1. The van der Waals surface area contributed by atoms with Crippen LogP contribution in [0.3, 0.4) is 0 Å². The molecule has 0 saturated heterocycles. The Kier molecular flexibility index (Phi) is 6.19. The number of carbonyl (C=O) groups is 2. The second-order valence-electron chi connectivity index (χ2n) is 5.82. The van der Waals surface area contributed by atoms with Crippen molar-refractivity contribution in [3.63, 3.8) is 0 Å². The molecule has 0 bridgehead atoms. The van der Waals surface area contributed by atoms with Crippen molar-refractivity contribution >= 4 is 11.8 Å². The molecule has 0 radical (unpaired) electrons. The van der Waals surface area contributed by atoms with E-state index in [1.807, 2.05) is 6.92 Å². The maximum absolute atomic E-state index is 12.0. The molecule has 118 valence electrons. The second kappa shape index (κ2) is 8.37. The van der Waals surface area contributed by atoms with Crippen LogP contribution in [0.1, 0.15) is 36.8 Å². The maximum Gasteiger partial charge on any atom is 0.243 e. The molecule has 22 heavy (non-hydrogen) atoms. The summed E-state index contributed by atoms with van der Waals surface area (Å²) in [6.45, 7) is 2.72. The van der Waals surface area contributed by atoms with Crippen molar-refractivity contribution < 1.29 is 9.59 Å². The average Bonchev–Trinajstić information content (AvgIpc) is 2.49. The summed E-state index contributed by atoms with van der Waals surface area (Å²) in [5.74, 6) is -0.0357. The number of nitrogens with one attached hydrogen (secondary N) is 2. The topological polar surface area (TPSA) is 58.2 Å². The van der Waals surface area contributed by atoms with Gasteiger partial charge in [0.2, 0.25) is 11.8 Å². The fraction of sp³-hybridized carbons (Fsp3) is 0.444. The van der Waals surface area contributed by atoms with Crippen LogP contribution in [0.2, 0.25) is 0 Å². The Morgan fingerprint density at radius 3 is 2.64 bits per heavy atom. The largest absolute Gasteiger partial charge is 0.353 e. The molecule has 0 saturated carbocycles. The Balaban J connectivity index is 2.06. The fourth-order valence-corrected chi connectivity index (χ4v) is 2.49. The van der Waals surface area contributed by atoms with Crippen LogP contribution >= 0.6 is 0 Å². The predicted molar refractivity (Wildman–Crippen MR) is 87.4 cm³/mol. The van der Waals surface area contributed by atoms with Crippen molar-refractivity contribution in [2.45, 2.75) is 45.1 Å². The molecule has 2 N–H and O–H groups in total. The summed E-state index contributed by atoms with van der Waals surface area (Å²) >= 11 is 0. The summed E-state index contributed by atoms with van der Waals surface area (Å²) in [5.41, 5.74) is 2.36. The van der Waals surface area contributed by atoms with E-state index in [1.165, 1.54) is 11.6 Å². The molecule has 4 heteroatoms. The number of carbonyl (C=O) groups excluding carboxylic acids is 2. The minimum atomic E-state index is -0.152. The summed E-state index contributed by atoms with van der Waals surface area (Å²) in [7, 11) is 0. The fourth-order valence-electron chi connectivity index (χ4n) is 2.49. The highest BCUT2D eigenvalue weighted by Crippen LogP contribution is 2.08. The van der Waals surface area contributed by atoms with E-state index in [0.717, 1.165) is 24.8 Å². The van der Waals surface area contributed by atoms with Gasteiger partial charge in [-0.05, 0) is 31.7 Å². The number of hydrogen-bond donors (Lipinski definition) is 2. The van der Waals surface area contributed by atoms with Crippen LogP contribution in [0.25, 0.3) is 0 Å². The lowest BCUT2D eigenvalue weighted by Crippen LogP contribution is -2.35. The van der Waals surface area contributed by atoms with Crippen molar-refractivity contribution in [3.05, 3.63) is 47.5 Å². The summed E-state index contributed by atoms with van der Waals surface area (Å²) in [6.07, 6.45) is 7.29. The Labute approximate surface area is 132 Å². The van der Waals surface area contributed by atoms with E-state index in [4.69, 9.17) is 0 Å². The van der Waals surface area contributed by atoms with E-state index in [1.54, 1.807) is 6.08 Å². The van der Waals surface area contributed by atoms with Crippen molar-refractivity contribution in [1.82, 2.24) is 10.6 Å². The van der Waals surface area contributed by atoms with Gasteiger partial charge in [-0.3, -0.25) is 9.59 Å². The lowest BCUT2D eigenvalue weighted by Gasteiger charge is -2.16. The van der Waals surface area contributed by atoms with Crippen molar-refractivity contribution in [2.75, 3.05) is 6.54 Å². The number of amides is 2. The van der Waals surface area contributed by atoms with E-state index < -0.39 is 0 Å². The van der Waals surface area contributed by atoms with Gasteiger partial charge < -0.3 is 10.6 Å². The molecule has 1 atom stereocenters. The molecule has 2 amide bonds. The molecule has 0 spiro atoms. The van der Waals surface area contributed by atoms with Gasteiger partial charge >= 0.3 is 0 Å². The number of rotatable bonds is 2. The van der Waals surface area contributed by atoms with Crippen LogP contribution in [0.5, 0.6) is 0 Å².